The molecule has 2 rings (SSSR count). The Bertz CT molecular complexity index is 263. The molecular formula is C9H14N2O. The lowest BCUT2D eigenvalue weighted by atomic mass is 10.1. The Balaban J connectivity index is 1.92. The first-order valence-electron chi connectivity index (χ1n) is 4.26. The van der Waals surface area contributed by atoms with Crippen LogP contribution in [0.15, 0.2) is 18.3 Å². The van der Waals surface area contributed by atoms with Gasteiger partial charge in [-0.25, -0.2) is 0 Å². The molecule has 1 aliphatic heterocycles. The maximum Gasteiger partial charge on any atom is 0.0794 e. The number of rotatable bonds is 2. The average Bonchev–Trinajstić information content (AvgIpc) is 2.33. The van der Waals surface area contributed by atoms with Gasteiger partial charge in [-0.3, -0.25) is 4.90 Å². The number of aliphatic hydroxyl groups excluding tert-OH is 1. The molecule has 0 saturated carbocycles. The second-order valence-corrected chi connectivity index (χ2v) is 3.46. The summed E-state index contributed by atoms with van der Waals surface area (Å²) in [5.74, 6) is 0. The van der Waals surface area contributed by atoms with Gasteiger partial charge in [-0.2, -0.15) is 0 Å². The Hall–Kier alpha value is -0.800. The number of hydrogen-bond acceptors (Lipinski definition) is 2. The van der Waals surface area contributed by atoms with Crippen LogP contribution in [-0.2, 0) is 13.6 Å². The van der Waals surface area contributed by atoms with Crippen molar-refractivity contribution < 1.29 is 5.11 Å². The van der Waals surface area contributed by atoms with E-state index >= 15 is 0 Å². The Morgan fingerprint density at radius 3 is 2.83 bits per heavy atom. The van der Waals surface area contributed by atoms with Crippen LogP contribution < -0.4 is 0 Å². The second kappa shape index (κ2) is 2.92. The van der Waals surface area contributed by atoms with E-state index in [1.165, 1.54) is 5.69 Å². The molecule has 0 unspecified atom stereocenters. The molecule has 0 spiro atoms. The van der Waals surface area contributed by atoms with E-state index in [2.05, 4.69) is 15.5 Å². The maximum absolute atomic E-state index is 9.07. The molecule has 3 heteroatoms. The molecule has 0 radical (unpaired) electrons. The smallest absolute Gasteiger partial charge is 0.0794 e. The van der Waals surface area contributed by atoms with E-state index < -0.39 is 0 Å². The third-order valence-corrected chi connectivity index (χ3v) is 2.37. The Labute approximate surface area is 72.2 Å². The number of nitrogens with zero attached hydrogens (tertiary/aromatic N) is 2. The van der Waals surface area contributed by atoms with Gasteiger partial charge >= 0.3 is 0 Å². The highest BCUT2D eigenvalue weighted by molar-refractivity contribution is 5.07. The van der Waals surface area contributed by atoms with Crippen molar-refractivity contribution in [2.45, 2.75) is 12.6 Å². The van der Waals surface area contributed by atoms with Gasteiger partial charge in [0.15, 0.2) is 0 Å². The van der Waals surface area contributed by atoms with Gasteiger partial charge in [0.2, 0.25) is 0 Å². The van der Waals surface area contributed by atoms with Gasteiger partial charge in [0.25, 0.3) is 0 Å². The molecule has 1 fully saturated rings. The summed E-state index contributed by atoms with van der Waals surface area (Å²) < 4.78 is 2.12. The summed E-state index contributed by atoms with van der Waals surface area (Å²) in [7, 11) is 2.05. The fourth-order valence-corrected chi connectivity index (χ4v) is 1.56. The van der Waals surface area contributed by atoms with Crippen molar-refractivity contribution in [3.8, 4) is 0 Å². The van der Waals surface area contributed by atoms with Crippen molar-refractivity contribution in [3.63, 3.8) is 0 Å². The SMILES string of the molecule is Cn1cccc1CN1CC(O)C1. The van der Waals surface area contributed by atoms with E-state index in [1.807, 2.05) is 19.3 Å². The highest BCUT2D eigenvalue weighted by Gasteiger charge is 2.24. The van der Waals surface area contributed by atoms with E-state index in [-0.39, 0.29) is 6.10 Å². The largest absolute Gasteiger partial charge is 0.390 e. The van der Waals surface area contributed by atoms with Crippen LogP contribution in [0.5, 0.6) is 0 Å². The predicted octanol–water partition coefficient (Wildman–Crippen LogP) is 0.202. The summed E-state index contributed by atoms with van der Waals surface area (Å²) in [6.45, 7) is 2.61. The number of aryl methyl sites for hydroxylation is 1. The fraction of sp³-hybridized carbons (Fsp3) is 0.556. The molecule has 66 valence electrons. The minimum Gasteiger partial charge on any atom is -0.390 e. The van der Waals surface area contributed by atoms with Gasteiger partial charge in [-0.15, -0.1) is 0 Å². The third-order valence-electron chi connectivity index (χ3n) is 2.37. The van der Waals surface area contributed by atoms with Crippen molar-refractivity contribution in [1.29, 1.82) is 0 Å². The zero-order valence-electron chi connectivity index (χ0n) is 7.27. The molecule has 1 saturated heterocycles. The van der Waals surface area contributed by atoms with Gasteiger partial charge in [0.05, 0.1) is 6.10 Å². The van der Waals surface area contributed by atoms with Gasteiger partial charge < -0.3 is 9.67 Å². The Kier molecular flexibility index (Phi) is 1.90. The first-order valence-corrected chi connectivity index (χ1v) is 4.26. The first-order chi connectivity index (χ1) is 5.75. The zero-order valence-corrected chi connectivity index (χ0v) is 7.27. The summed E-state index contributed by atoms with van der Waals surface area (Å²) >= 11 is 0. The van der Waals surface area contributed by atoms with Crippen LogP contribution in [0.4, 0.5) is 0 Å². The molecule has 3 nitrogen and oxygen atoms in total. The van der Waals surface area contributed by atoms with Gasteiger partial charge in [-0.1, -0.05) is 0 Å². The quantitative estimate of drug-likeness (QED) is 0.680. The van der Waals surface area contributed by atoms with Crippen molar-refractivity contribution in [2.75, 3.05) is 13.1 Å². The highest BCUT2D eigenvalue weighted by atomic mass is 16.3. The van der Waals surface area contributed by atoms with Gasteiger partial charge in [0, 0.05) is 38.6 Å². The molecule has 1 aromatic rings. The maximum atomic E-state index is 9.07. The predicted molar refractivity (Wildman–Crippen MR) is 46.7 cm³/mol. The van der Waals surface area contributed by atoms with Crippen molar-refractivity contribution in [2.24, 2.45) is 7.05 Å². The van der Waals surface area contributed by atoms with Gasteiger partial charge in [0.1, 0.15) is 0 Å². The van der Waals surface area contributed by atoms with E-state index in [0.717, 1.165) is 19.6 Å². The van der Waals surface area contributed by atoms with Crippen LogP contribution in [-0.4, -0.2) is 33.8 Å². The lowest BCUT2D eigenvalue weighted by molar-refractivity contribution is -0.00397. The van der Waals surface area contributed by atoms with E-state index in [1.54, 1.807) is 0 Å². The summed E-state index contributed by atoms with van der Waals surface area (Å²) in [6.07, 6.45) is 1.95. The van der Waals surface area contributed by atoms with Crippen molar-refractivity contribution in [1.82, 2.24) is 9.47 Å². The number of likely N-dealkylation sites (tertiary alicyclic amines) is 1. The fourth-order valence-electron chi connectivity index (χ4n) is 1.56. The van der Waals surface area contributed by atoms with Crippen LogP contribution in [0.25, 0.3) is 0 Å². The standard InChI is InChI=1S/C9H14N2O/c1-10-4-2-3-8(10)5-11-6-9(12)7-11/h2-4,9,12H,5-7H2,1H3. The first kappa shape index (κ1) is 7.83. The molecule has 0 amide bonds. The molecule has 0 bridgehead atoms. The van der Waals surface area contributed by atoms with Crippen LogP contribution >= 0.6 is 0 Å². The topological polar surface area (TPSA) is 28.4 Å². The second-order valence-electron chi connectivity index (χ2n) is 3.46. The van der Waals surface area contributed by atoms with Crippen LogP contribution in [0.1, 0.15) is 5.69 Å². The molecule has 1 N–H and O–H groups in total. The molecule has 0 aliphatic carbocycles. The molecule has 0 atom stereocenters. The summed E-state index contributed by atoms with van der Waals surface area (Å²) in [6, 6.07) is 4.16. The molecule has 1 aromatic heterocycles. The van der Waals surface area contributed by atoms with E-state index in [0.29, 0.717) is 0 Å². The molecule has 12 heavy (non-hydrogen) atoms. The third kappa shape index (κ3) is 1.38. The Morgan fingerprint density at radius 2 is 2.33 bits per heavy atom. The van der Waals surface area contributed by atoms with Crippen molar-refractivity contribution in [3.05, 3.63) is 24.0 Å². The number of aliphatic hydroxyl groups is 1. The van der Waals surface area contributed by atoms with E-state index in [9.17, 15) is 0 Å². The Morgan fingerprint density at radius 1 is 1.58 bits per heavy atom. The van der Waals surface area contributed by atoms with Crippen LogP contribution in [0.2, 0.25) is 0 Å². The summed E-state index contributed by atoms with van der Waals surface area (Å²) in [5, 5.41) is 9.07. The normalized spacial score (nSPS) is 19.5. The van der Waals surface area contributed by atoms with Crippen LogP contribution in [0, 0.1) is 0 Å². The molecule has 1 aliphatic rings. The lowest BCUT2D eigenvalue weighted by Crippen LogP contribution is -2.50. The van der Waals surface area contributed by atoms with Crippen molar-refractivity contribution >= 4 is 0 Å². The highest BCUT2D eigenvalue weighted by Crippen LogP contribution is 2.12. The molecule has 0 aromatic carbocycles. The zero-order chi connectivity index (χ0) is 8.55. The van der Waals surface area contributed by atoms with Gasteiger partial charge in [-0.05, 0) is 12.1 Å². The lowest BCUT2D eigenvalue weighted by Gasteiger charge is -2.35. The average molecular weight is 166 g/mol. The number of β-amino-alcohol motifs (C(OH)–C–C–N with tert-alkyl or cyclic N) is 1. The minimum absolute atomic E-state index is 0.0923. The minimum atomic E-state index is -0.0923. The van der Waals surface area contributed by atoms with E-state index in [4.69, 9.17) is 5.11 Å². The number of aromatic nitrogens is 1. The van der Waals surface area contributed by atoms with Crippen LogP contribution in [0.3, 0.4) is 0 Å². The summed E-state index contributed by atoms with van der Waals surface area (Å²) in [5.41, 5.74) is 1.31. The number of hydrogen-bond donors (Lipinski definition) is 1. The monoisotopic (exact) mass is 166 g/mol. The molecule has 2 heterocycles. The summed E-state index contributed by atoms with van der Waals surface area (Å²) in [4.78, 5) is 2.24. The molecular weight excluding hydrogens is 152 g/mol.